The normalized spacial score (nSPS) is 10.5. The van der Waals surface area contributed by atoms with E-state index in [1.165, 1.54) is 51.7 Å². The molecule has 8 nitrogen and oxygen atoms in total. The Morgan fingerprint density at radius 3 is 2.27 bits per heavy atom. The van der Waals surface area contributed by atoms with Crippen LogP contribution < -0.4 is 24.7 Å². The van der Waals surface area contributed by atoms with Crippen molar-refractivity contribution in [2.24, 2.45) is 0 Å². The molecule has 0 bridgehead atoms. The van der Waals surface area contributed by atoms with Crippen molar-refractivity contribution in [1.29, 1.82) is 0 Å². The summed E-state index contributed by atoms with van der Waals surface area (Å²) in [5, 5.41) is 3.85. The van der Waals surface area contributed by atoms with Gasteiger partial charge in [0.15, 0.2) is 11.5 Å². The molecule has 0 aliphatic heterocycles. The Bertz CT molecular complexity index is 956. The van der Waals surface area contributed by atoms with Crippen molar-refractivity contribution < 1.29 is 27.8 Å². The summed E-state index contributed by atoms with van der Waals surface area (Å²) >= 11 is 0. The van der Waals surface area contributed by atoms with Gasteiger partial charge in [-0.1, -0.05) is 17.2 Å². The zero-order valence-corrected chi connectivity index (χ0v) is 14.2. The molecule has 0 unspecified atom stereocenters. The number of rotatable bonds is 6. The number of hydrogen-bond donors (Lipinski definition) is 0. The third kappa shape index (κ3) is 3.18. The van der Waals surface area contributed by atoms with Gasteiger partial charge in [0, 0.05) is 12.1 Å². The van der Waals surface area contributed by atoms with Gasteiger partial charge in [0.1, 0.15) is 17.3 Å². The first kappa shape index (κ1) is 17.3. The van der Waals surface area contributed by atoms with Gasteiger partial charge in [-0.3, -0.25) is 0 Å². The molecule has 0 spiro atoms. The number of ether oxygens (including phenoxy) is 4. The molecule has 0 fully saturated rings. The molecule has 9 heteroatoms. The largest absolute Gasteiger partial charge is 0.493 e. The van der Waals surface area contributed by atoms with E-state index in [0.717, 1.165) is 4.68 Å². The lowest BCUT2D eigenvalue weighted by molar-refractivity contribution is 0.304. The minimum absolute atomic E-state index is 0.0546. The maximum absolute atomic E-state index is 13.8. The Labute approximate surface area is 147 Å². The Morgan fingerprint density at radius 2 is 1.69 bits per heavy atom. The average molecular weight is 362 g/mol. The maximum Gasteiger partial charge on any atom is 0.444 e. The minimum Gasteiger partial charge on any atom is -0.493 e. The van der Waals surface area contributed by atoms with E-state index in [4.69, 9.17) is 23.4 Å². The second-order valence-electron chi connectivity index (χ2n) is 4.96. The second-order valence-corrected chi connectivity index (χ2v) is 4.96. The number of para-hydroxylation sites is 1. The van der Waals surface area contributed by atoms with Crippen molar-refractivity contribution in [2.45, 2.75) is 0 Å². The van der Waals surface area contributed by atoms with Crippen molar-refractivity contribution in [3.05, 3.63) is 52.8 Å². The molecule has 26 heavy (non-hydrogen) atoms. The van der Waals surface area contributed by atoms with Gasteiger partial charge in [-0.15, -0.1) is 0 Å². The van der Waals surface area contributed by atoms with Crippen LogP contribution in [0.1, 0.15) is 0 Å². The summed E-state index contributed by atoms with van der Waals surface area (Å²) in [5.74, 6) is -0.225. The van der Waals surface area contributed by atoms with Gasteiger partial charge in [0.2, 0.25) is 5.75 Å². The summed E-state index contributed by atoms with van der Waals surface area (Å²) in [6.45, 7) is 0. The van der Waals surface area contributed by atoms with E-state index in [1.807, 2.05) is 0 Å². The third-order valence-corrected chi connectivity index (χ3v) is 3.45. The molecule has 0 saturated carbocycles. The van der Waals surface area contributed by atoms with Crippen LogP contribution in [0.5, 0.6) is 29.1 Å². The summed E-state index contributed by atoms with van der Waals surface area (Å²) in [4.78, 5) is 11.9. The van der Waals surface area contributed by atoms with Gasteiger partial charge in [-0.25, -0.2) is 9.18 Å². The van der Waals surface area contributed by atoms with Gasteiger partial charge < -0.3 is 23.4 Å². The van der Waals surface area contributed by atoms with E-state index in [-0.39, 0.29) is 17.5 Å². The molecule has 0 radical (unpaired) electrons. The van der Waals surface area contributed by atoms with Crippen LogP contribution in [0.4, 0.5) is 4.39 Å². The predicted octanol–water partition coefficient (Wildman–Crippen LogP) is 2.78. The Balaban J connectivity index is 1.97. The third-order valence-electron chi connectivity index (χ3n) is 3.45. The summed E-state index contributed by atoms with van der Waals surface area (Å²) in [6.07, 6.45) is -0.368. The molecule has 1 heterocycles. The molecule has 0 aliphatic carbocycles. The van der Waals surface area contributed by atoms with Gasteiger partial charge in [-0.05, 0) is 12.1 Å². The van der Waals surface area contributed by atoms with Crippen LogP contribution in [-0.2, 0) is 0 Å². The fraction of sp³-hybridized carbons (Fsp3) is 0.176. The highest BCUT2D eigenvalue weighted by atomic mass is 19.1. The SMILES string of the molecule is COc1cc(Oc2nn(-c3ccccc3F)c(=O)o2)cc(OC)c1OC. The topological polar surface area (TPSA) is 85.0 Å². The van der Waals surface area contributed by atoms with Crippen molar-refractivity contribution in [3.63, 3.8) is 0 Å². The molecule has 0 atom stereocenters. The van der Waals surface area contributed by atoms with Gasteiger partial charge in [0.25, 0.3) is 0 Å². The molecule has 0 N–H and O–H groups in total. The minimum atomic E-state index is -0.891. The fourth-order valence-corrected chi connectivity index (χ4v) is 2.29. The first-order valence-corrected chi connectivity index (χ1v) is 7.40. The molecule has 136 valence electrons. The first-order chi connectivity index (χ1) is 12.6. The highest BCUT2D eigenvalue weighted by Gasteiger charge is 2.18. The monoisotopic (exact) mass is 362 g/mol. The second kappa shape index (κ2) is 7.18. The Hall–Kier alpha value is -3.49. The molecule has 0 aliphatic rings. The summed E-state index contributed by atoms with van der Waals surface area (Å²) in [7, 11) is 4.37. The predicted molar refractivity (Wildman–Crippen MR) is 88.2 cm³/mol. The van der Waals surface area contributed by atoms with E-state index in [9.17, 15) is 9.18 Å². The van der Waals surface area contributed by atoms with Crippen LogP contribution in [0.2, 0.25) is 0 Å². The Morgan fingerprint density at radius 1 is 1.04 bits per heavy atom. The fourth-order valence-electron chi connectivity index (χ4n) is 2.29. The molecule has 0 saturated heterocycles. The van der Waals surface area contributed by atoms with Crippen molar-refractivity contribution in [1.82, 2.24) is 9.78 Å². The number of aromatic nitrogens is 2. The zero-order chi connectivity index (χ0) is 18.7. The number of nitrogens with zero attached hydrogens (tertiary/aromatic N) is 2. The molecule has 0 amide bonds. The lowest BCUT2D eigenvalue weighted by Gasteiger charge is -2.13. The number of benzene rings is 2. The van der Waals surface area contributed by atoms with Crippen LogP contribution in [0.3, 0.4) is 0 Å². The summed E-state index contributed by atoms with van der Waals surface area (Å²) < 4.78 is 40.6. The highest BCUT2D eigenvalue weighted by Crippen LogP contribution is 2.41. The summed E-state index contributed by atoms with van der Waals surface area (Å²) in [5.41, 5.74) is -0.0546. The van der Waals surface area contributed by atoms with Crippen LogP contribution in [0, 0.1) is 5.82 Å². The highest BCUT2D eigenvalue weighted by molar-refractivity contribution is 5.56. The zero-order valence-electron chi connectivity index (χ0n) is 14.2. The molecule has 3 aromatic rings. The lowest BCUT2D eigenvalue weighted by Crippen LogP contribution is -2.14. The van der Waals surface area contributed by atoms with Gasteiger partial charge in [-0.2, -0.15) is 4.68 Å². The van der Waals surface area contributed by atoms with E-state index in [0.29, 0.717) is 17.2 Å². The van der Waals surface area contributed by atoms with Gasteiger partial charge in [0.05, 0.1) is 21.3 Å². The van der Waals surface area contributed by atoms with E-state index < -0.39 is 11.6 Å². The van der Waals surface area contributed by atoms with Crippen molar-refractivity contribution >= 4 is 0 Å². The molecule has 1 aromatic heterocycles. The number of halogens is 1. The van der Waals surface area contributed by atoms with E-state index in [1.54, 1.807) is 6.07 Å². The first-order valence-electron chi connectivity index (χ1n) is 7.40. The molecule has 3 rings (SSSR count). The van der Waals surface area contributed by atoms with Crippen LogP contribution >= 0.6 is 0 Å². The van der Waals surface area contributed by atoms with Crippen molar-refractivity contribution in [2.75, 3.05) is 21.3 Å². The molecule has 2 aromatic carbocycles. The van der Waals surface area contributed by atoms with Crippen LogP contribution in [0.25, 0.3) is 5.69 Å². The standard InChI is InChI=1S/C17H15FN2O6/c1-22-13-8-10(9-14(23-2)15(13)24-3)25-16-19-20(17(21)26-16)12-7-5-4-6-11(12)18/h4-9H,1-3H3. The number of methoxy groups -OCH3 is 3. The van der Waals surface area contributed by atoms with E-state index >= 15 is 0 Å². The average Bonchev–Trinajstić information content (AvgIpc) is 3.01. The van der Waals surface area contributed by atoms with Gasteiger partial charge >= 0.3 is 11.8 Å². The lowest BCUT2D eigenvalue weighted by atomic mass is 10.2. The quantitative estimate of drug-likeness (QED) is 0.666. The maximum atomic E-state index is 13.8. The molecular formula is C17H15FN2O6. The van der Waals surface area contributed by atoms with Crippen LogP contribution in [0.15, 0.2) is 45.6 Å². The van der Waals surface area contributed by atoms with E-state index in [2.05, 4.69) is 5.10 Å². The number of hydrogen-bond acceptors (Lipinski definition) is 7. The summed E-state index contributed by atoms with van der Waals surface area (Å²) in [6, 6.07) is 8.67. The van der Waals surface area contributed by atoms with Crippen molar-refractivity contribution in [3.8, 4) is 34.8 Å². The Kier molecular flexibility index (Phi) is 4.78. The molecular weight excluding hydrogens is 347 g/mol. The van der Waals surface area contributed by atoms with Crippen LogP contribution in [-0.4, -0.2) is 31.1 Å². The smallest absolute Gasteiger partial charge is 0.444 e.